The number of nitrogens with two attached hydrogens (primary N) is 1. The van der Waals surface area contributed by atoms with Crippen molar-refractivity contribution >= 4 is 17.2 Å². The molecule has 3 aliphatic carbocycles. The van der Waals surface area contributed by atoms with Gasteiger partial charge in [-0.2, -0.15) is 0 Å². The first-order valence-electron chi connectivity index (χ1n) is 13.3. The number of aromatic nitrogens is 3. The highest BCUT2D eigenvalue weighted by atomic mass is 19.1. The molecule has 3 aliphatic rings. The van der Waals surface area contributed by atoms with Gasteiger partial charge in [0.2, 0.25) is 0 Å². The summed E-state index contributed by atoms with van der Waals surface area (Å²) < 4.78 is 21.0. The Hall–Kier alpha value is -3.98. The standard InChI is InChI=1S/C30H32FN5O3/c1-39-23-7-6-21(31)16-22(23)27(38)34-17-19-2-4-20(5-3-19)24-25-26(32)33-14-15-36(25)28(35-24)30-11-8-29(18-37,9-12-30)10-13-30/h2-7,14-16,37H,8-13,17-18H2,1H3,(H2,32,33)(H,34,38). The second kappa shape index (κ2) is 9.64. The summed E-state index contributed by atoms with van der Waals surface area (Å²) in [4.78, 5) is 22.2. The average molecular weight is 530 g/mol. The zero-order chi connectivity index (χ0) is 27.2. The normalized spacial score (nSPS) is 22.2. The molecular weight excluding hydrogens is 497 g/mol. The van der Waals surface area contributed by atoms with E-state index >= 15 is 0 Å². The molecule has 0 atom stereocenters. The number of anilines is 1. The van der Waals surface area contributed by atoms with Crippen LogP contribution in [-0.4, -0.2) is 39.1 Å². The molecule has 7 rings (SSSR count). The maximum atomic E-state index is 13.7. The number of hydrogen-bond donors (Lipinski definition) is 3. The van der Waals surface area contributed by atoms with Crippen molar-refractivity contribution in [3.8, 4) is 17.0 Å². The highest BCUT2D eigenvalue weighted by Crippen LogP contribution is 2.57. The van der Waals surface area contributed by atoms with E-state index in [0.29, 0.717) is 11.6 Å². The van der Waals surface area contributed by atoms with Crippen molar-refractivity contribution in [2.24, 2.45) is 5.41 Å². The molecule has 39 heavy (non-hydrogen) atoms. The van der Waals surface area contributed by atoms with Crippen LogP contribution in [0.3, 0.4) is 0 Å². The molecule has 3 saturated carbocycles. The van der Waals surface area contributed by atoms with Crippen LogP contribution < -0.4 is 15.8 Å². The number of nitrogens with one attached hydrogen (secondary N) is 1. The Bertz CT molecular complexity index is 1520. The first kappa shape index (κ1) is 25.3. The molecule has 0 saturated heterocycles. The third-order valence-corrected chi connectivity index (χ3v) is 8.88. The minimum absolute atomic E-state index is 0.0337. The van der Waals surface area contributed by atoms with E-state index in [9.17, 15) is 14.3 Å². The van der Waals surface area contributed by atoms with E-state index in [4.69, 9.17) is 15.5 Å². The van der Waals surface area contributed by atoms with Gasteiger partial charge in [-0.25, -0.2) is 14.4 Å². The van der Waals surface area contributed by atoms with Crippen molar-refractivity contribution in [1.29, 1.82) is 0 Å². The monoisotopic (exact) mass is 529 g/mol. The Labute approximate surface area is 226 Å². The largest absolute Gasteiger partial charge is 0.496 e. The van der Waals surface area contributed by atoms with Crippen LogP contribution in [0.25, 0.3) is 16.8 Å². The van der Waals surface area contributed by atoms with Gasteiger partial charge < -0.3 is 20.9 Å². The summed E-state index contributed by atoms with van der Waals surface area (Å²) in [6.07, 6.45) is 9.70. The summed E-state index contributed by atoms with van der Waals surface area (Å²) in [6.45, 7) is 0.531. The third kappa shape index (κ3) is 4.30. The van der Waals surface area contributed by atoms with E-state index in [-0.39, 0.29) is 29.5 Å². The van der Waals surface area contributed by atoms with Crippen LogP contribution in [-0.2, 0) is 12.0 Å². The molecule has 4 aromatic rings. The number of nitrogens with zero attached hydrogens (tertiary/aromatic N) is 3. The number of aliphatic hydroxyl groups excluding tert-OH is 1. The second-order valence-electron chi connectivity index (χ2n) is 11.0. The quantitative estimate of drug-likeness (QED) is 0.321. The fourth-order valence-corrected chi connectivity index (χ4v) is 6.39. The molecule has 4 N–H and O–H groups in total. The molecule has 9 heteroatoms. The second-order valence-corrected chi connectivity index (χ2v) is 11.0. The van der Waals surface area contributed by atoms with Gasteiger partial charge in [0.25, 0.3) is 5.91 Å². The Morgan fingerprint density at radius 2 is 1.85 bits per heavy atom. The molecule has 0 radical (unpaired) electrons. The first-order valence-corrected chi connectivity index (χ1v) is 13.3. The highest BCUT2D eigenvalue weighted by Gasteiger charge is 2.51. The van der Waals surface area contributed by atoms with Gasteiger partial charge in [0.05, 0.1) is 12.7 Å². The molecule has 2 heterocycles. The lowest BCUT2D eigenvalue weighted by molar-refractivity contribution is -0.00994. The van der Waals surface area contributed by atoms with Crippen LogP contribution in [0, 0.1) is 11.2 Å². The van der Waals surface area contributed by atoms with Gasteiger partial charge in [0.1, 0.15) is 34.4 Å². The number of imidazole rings is 1. The third-order valence-electron chi connectivity index (χ3n) is 8.88. The summed E-state index contributed by atoms with van der Waals surface area (Å²) in [6, 6.07) is 11.7. The van der Waals surface area contributed by atoms with Crippen molar-refractivity contribution in [1.82, 2.24) is 19.7 Å². The van der Waals surface area contributed by atoms with Gasteiger partial charge in [-0.05, 0) is 67.7 Å². The van der Waals surface area contributed by atoms with Crippen molar-refractivity contribution < 1.29 is 19.0 Å². The van der Waals surface area contributed by atoms with E-state index in [2.05, 4.69) is 14.7 Å². The molecule has 2 aromatic heterocycles. The Balaban J connectivity index is 1.27. The topological polar surface area (TPSA) is 115 Å². The van der Waals surface area contributed by atoms with Crippen LogP contribution >= 0.6 is 0 Å². The number of carbonyl (C=O) groups excluding carboxylic acids is 1. The van der Waals surface area contributed by atoms with Crippen molar-refractivity contribution in [2.75, 3.05) is 19.5 Å². The number of nitrogen functional groups attached to an aromatic ring is 1. The summed E-state index contributed by atoms with van der Waals surface area (Å²) in [7, 11) is 1.44. The molecule has 3 fully saturated rings. The number of methoxy groups -OCH3 is 1. The number of halogens is 1. The summed E-state index contributed by atoms with van der Waals surface area (Å²) in [5, 5.41) is 12.8. The van der Waals surface area contributed by atoms with Gasteiger partial charge in [0.15, 0.2) is 0 Å². The maximum Gasteiger partial charge on any atom is 0.255 e. The van der Waals surface area contributed by atoms with Gasteiger partial charge in [0, 0.05) is 36.5 Å². The maximum absolute atomic E-state index is 13.7. The fourth-order valence-electron chi connectivity index (χ4n) is 6.39. The summed E-state index contributed by atoms with van der Waals surface area (Å²) in [5.74, 6) is 0.853. The molecule has 1 amide bonds. The van der Waals surface area contributed by atoms with Crippen molar-refractivity contribution in [3.05, 3.63) is 77.6 Å². The Kier molecular flexibility index (Phi) is 6.26. The SMILES string of the molecule is COc1ccc(F)cc1C(=O)NCc1ccc(-c2nc(C34CCC(CO)(CC3)CC4)n3ccnc(N)c23)cc1. The highest BCUT2D eigenvalue weighted by molar-refractivity contribution is 5.97. The van der Waals surface area contributed by atoms with Crippen LogP contribution in [0.2, 0.25) is 0 Å². The lowest BCUT2D eigenvalue weighted by atomic mass is 9.53. The number of aliphatic hydroxyl groups is 1. The van der Waals surface area contributed by atoms with E-state index in [1.54, 1.807) is 6.20 Å². The van der Waals surface area contributed by atoms with Gasteiger partial charge in [-0.15, -0.1) is 0 Å². The summed E-state index contributed by atoms with van der Waals surface area (Å²) in [5.41, 5.74) is 9.95. The zero-order valence-corrected chi connectivity index (χ0v) is 21.9. The van der Waals surface area contributed by atoms with Crippen LogP contribution in [0.4, 0.5) is 10.2 Å². The van der Waals surface area contributed by atoms with Gasteiger partial charge in [-0.1, -0.05) is 24.3 Å². The number of carbonyl (C=O) groups is 1. The van der Waals surface area contributed by atoms with Crippen LogP contribution in [0.1, 0.15) is 60.3 Å². The Morgan fingerprint density at radius 3 is 2.51 bits per heavy atom. The molecule has 2 bridgehead atoms. The van der Waals surface area contributed by atoms with E-state index in [1.807, 2.05) is 30.5 Å². The predicted molar refractivity (Wildman–Crippen MR) is 146 cm³/mol. The van der Waals surface area contributed by atoms with Gasteiger partial charge >= 0.3 is 0 Å². The Morgan fingerprint density at radius 1 is 1.13 bits per heavy atom. The lowest BCUT2D eigenvalue weighted by Gasteiger charge is -2.52. The number of ether oxygens (including phenoxy) is 1. The van der Waals surface area contributed by atoms with E-state index in [0.717, 1.165) is 66.7 Å². The number of fused-ring (bicyclic) bond motifs is 4. The fraction of sp³-hybridized carbons (Fsp3) is 0.367. The van der Waals surface area contributed by atoms with Crippen LogP contribution in [0.15, 0.2) is 54.9 Å². The molecule has 0 aliphatic heterocycles. The zero-order valence-electron chi connectivity index (χ0n) is 21.9. The first-order chi connectivity index (χ1) is 18.9. The lowest BCUT2D eigenvalue weighted by Crippen LogP contribution is -2.46. The number of rotatable bonds is 7. The molecule has 8 nitrogen and oxygen atoms in total. The van der Waals surface area contributed by atoms with E-state index < -0.39 is 11.7 Å². The molecule has 2 aromatic carbocycles. The molecule has 0 unspecified atom stereocenters. The molecular formula is C30H32FN5O3. The van der Waals surface area contributed by atoms with Gasteiger partial charge in [-0.3, -0.25) is 9.20 Å². The number of amides is 1. The average Bonchev–Trinajstić information content (AvgIpc) is 3.39. The number of hydrogen-bond acceptors (Lipinski definition) is 6. The molecule has 0 spiro atoms. The van der Waals surface area contributed by atoms with Crippen LogP contribution in [0.5, 0.6) is 5.75 Å². The summed E-state index contributed by atoms with van der Waals surface area (Å²) >= 11 is 0. The number of benzene rings is 2. The minimum Gasteiger partial charge on any atom is -0.496 e. The van der Waals surface area contributed by atoms with Crippen molar-refractivity contribution in [2.45, 2.75) is 50.5 Å². The minimum atomic E-state index is -0.501. The molecule has 202 valence electrons. The van der Waals surface area contributed by atoms with E-state index in [1.165, 1.54) is 25.3 Å². The predicted octanol–water partition coefficient (Wildman–Crippen LogP) is 4.64. The van der Waals surface area contributed by atoms with Crippen molar-refractivity contribution in [3.63, 3.8) is 0 Å². The smallest absolute Gasteiger partial charge is 0.255 e.